The molecule has 0 aromatic carbocycles. The molecular formula is C15H25N. The van der Waals surface area contributed by atoms with Gasteiger partial charge in [-0.05, 0) is 36.8 Å². The molecule has 0 aliphatic rings. The highest BCUT2D eigenvalue weighted by molar-refractivity contribution is 5.14. The summed E-state index contributed by atoms with van der Waals surface area (Å²) in [6.45, 7) is 6.75. The first-order valence-electron chi connectivity index (χ1n) is 6.66. The van der Waals surface area contributed by atoms with Gasteiger partial charge in [-0.2, -0.15) is 0 Å². The highest BCUT2D eigenvalue weighted by atomic mass is 14.7. The van der Waals surface area contributed by atoms with Crippen LogP contribution in [0.25, 0.3) is 0 Å². The molecule has 16 heavy (non-hydrogen) atoms. The number of aryl methyl sites for hydroxylation is 1. The summed E-state index contributed by atoms with van der Waals surface area (Å²) in [7, 11) is 0. The zero-order valence-electron chi connectivity index (χ0n) is 11.0. The lowest BCUT2D eigenvalue weighted by atomic mass is 10.0. The van der Waals surface area contributed by atoms with Crippen LogP contribution in [0.5, 0.6) is 0 Å². The third-order valence-corrected chi connectivity index (χ3v) is 2.82. The maximum absolute atomic E-state index is 4.53. The first-order chi connectivity index (χ1) is 7.72. The highest BCUT2D eigenvalue weighted by Crippen LogP contribution is 2.09. The molecular weight excluding hydrogens is 194 g/mol. The van der Waals surface area contributed by atoms with Crippen molar-refractivity contribution in [3.05, 3.63) is 29.6 Å². The topological polar surface area (TPSA) is 12.9 Å². The normalized spacial score (nSPS) is 11.0. The van der Waals surface area contributed by atoms with Gasteiger partial charge in [0.15, 0.2) is 0 Å². The first kappa shape index (κ1) is 13.2. The SMILES string of the molecule is CCCCCCc1ccc(CC(C)C)cn1. The Bertz CT molecular complexity index is 274. The van der Waals surface area contributed by atoms with Gasteiger partial charge >= 0.3 is 0 Å². The molecule has 1 aromatic heterocycles. The molecule has 0 N–H and O–H groups in total. The molecule has 1 nitrogen and oxygen atoms in total. The van der Waals surface area contributed by atoms with Crippen molar-refractivity contribution in [2.24, 2.45) is 5.92 Å². The molecule has 0 saturated carbocycles. The van der Waals surface area contributed by atoms with E-state index in [0.29, 0.717) is 0 Å². The monoisotopic (exact) mass is 219 g/mol. The third-order valence-electron chi connectivity index (χ3n) is 2.82. The van der Waals surface area contributed by atoms with Gasteiger partial charge in [0, 0.05) is 11.9 Å². The van der Waals surface area contributed by atoms with Crippen LogP contribution in [0.4, 0.5) is 0 Å². The molecule has 90 valence electrons. The van der Waals surface area contributed by atoms with Gasteiger partial charge in [0.1, 0.15) is 0 Å². The summed E-state index contributed by atoms with van der Waals surface area (Å²) < 4.78 is 0. The van der Waals surface area contributed by atoms with Gasteiger partial charge in [-0.3, -0.25) is 4.98 Å². The Morgan fingerprint density at radius 1 is 1.12 bits per heavy atom. The summed E-state index contributed by atoms with van der Waals surface area (Å²) in [5.74, 6) is 0.720. The zero-order valence-corrected chi connectivity index (χ0v) is 11.0. The summed E-state index contributed by atoms with van der Waals surface area (Å²) in [6, 6.07) is 4.44. The van der Waals surface area contributed by atoms with Crippen molar-refractivity contribution in [2.45, 2.75) is 59.3 Å². The number of unbranched alkanes of at least 4 members (excludes halogenated alkanes) is 3. The van der Waals surface area contributed by atoms with E-state index in [1.165, 1.54) is 36.9 Å². The summed E-state index contributed by atoms with van der Waals surface area (Å²) >= 11 is 0. The Kier molecular flexibility index (Phi) is 6.14. The lowest BCUT2D eigenvalue weighted by Crippen LogP contribution is -1.97. The van der Waals surface area contributed by atoms with Crippen LogP contribution in [-0.2, 0) is 12.8 Å². The molecule has 0 unspecified atom stereocenters. The summed E-state index contributed by atoms with van der Waals surface area (Å²) in [6.07, 6.45) is 9.61. The molecule has 0 spiro atoms. The molecule has 1 rings (SSSR count). The third kappa shape index (κ3) is 5.29. The van der Waals surface area contributed by atoms with Gasteiger partial charge in [-0.15, -0.1) is 0 Å². The molecule has 1 aromatic rings. The summed E-state index contributed by atoms with van der Waals surface area (Å²) in [4.78, 5) is 4.53. The molecule has 0 saturated heterocycles. The molecule has 0 bridgehead atoms. The van der Waals surface area contributed by atoms with Crippen LogP contribution in [0.3, 0.4) is 0 Å². The zero-order chi connectivity index (χ0) is 11.8. The number of rotatable bonds is 7. The number of hydrogen-bond donors (Lipinski definition) is 0. The van der Waals surface area contributed by atoms with Crippen molar-refractivity contribution in [2.75, 3.05) is 0 Å². The van der Waals surface area contributed by atoms with Crippen molar-refractivity contribution >= 4 is 0 Å². The average Bonchev–Trinajstić information content (AvgIpc) is 2.26. The summed E-state index contributed by atoms with van der Waals surface area (Å²) in [5, 5.41) is 0. The van der Waals surface area contributed by atoms with E-state index < -0.39 is 0 Å². The van der Waals surface area contributed by atoms with Gasteiger partial charge < -0.3 is 0 Å². The smallest absolute Gasteiger partial charge is 0.0403 e. The van der Waals surface area contributed by atoms with E-state index in [-0.39, 0.29) is 0 Å². The molecule has 0 aliphatic carbocycles. The van der Waals surface area contributed by atoms with Gasteiger partial charge in [0.05, 0.1) is 0 Å². The lowest BCUT2D eigenvalue weighted by molar-refractivity contribution is 0.642. The Morgan fingerprint density at radius 3 is 2.50 bits per heavy atom. The second-order valence-corrected chi connectivity index (χ2v) is 5.07. The first-order valence-corrected chi connectivity index (χ1v) is 6.66. The van der Waals surface area contributed by atoms with E-state index in [1.54, 1.807) is 0 Å². The van der Waals surface area contributed by atoms with Crippen molar-refractivity contribution in [1.29, 1.82) is 0 Å². The van der Waals surface area contributed by atoms with Crippen LogP contribution < -0.4 is 0 Å². The van der Waals surface area contributed by atoms with Crippen molar-refractivity contribution in [3.63, 3.8) is 0 Å². The lowest BCUT2D eigenvalue weighted by Gasteiger charge is -2.05. The fourth-order valence-electron chi connectivity index (χ4n) is 1.93. The van der Waals surface area contributed by atoms with E-state index >= 15 is 0 Å². The van der Waals surface area contributed by atoms with Crippen LogP contribution in [0, 0.1) is 5.92 Å². The Hall–Kier alpha value is -0.850. The fraction of sp³-hybridized carbons (Fsp3) is 0.667. The predicted octanol–water partition coefficient (Wildman–Crippen LogP) is 4.40. The Labute approximate surface area is 100 Å². The molecule has 0 amide bonds. The minimum atomic E-state index is 0.720. The predicted molar refractivity (Wildman–Crippen MR) is 70.6 cm³/mol. The number of aromatic nitrogens is 1. The minimum absolute atomic E-state index is 0.720. The van der Waals surface area contributed by atoms with Gasteiger partial charge in [-0.25, -0.2) is 0 Å². The fourth-order valence-corrected chi connectivity index (χ4v) is 1.93. The number of hydrogen-bond acceptors (Lipinski definition) is 1. The van der Waals surface area contributed by atoms with Crippen molar-refractivity contribution in [3.8, 4) is 0 Å². The summed E-state index contributed by atoms with van der Waals surface area (Å²) in [5.41, 5.74) is 2.62. The van der Waals surface area contributed by atoms with Gasteiger partial charge in [-0.1, -0.05) is 46.1 Å². The van der Waals surface area contributed by atoms with E-state index in [9.17, 15) is 0 Å². The van der Waals surface area contributed by atoms with Crippen LogP contribution in [-0.4, -0.2) is 4.98 Å². The minimum Gasteiger partial charge on any atom is -0.261 e. The van der Waals surface area contributed by atoms with Crippen LogP contribution >= 0.6 is 0 Å². The van der Waals surface area contributed by atoms with Crippen LogP contribution in [0.2, 0.25) is 0 Å². The highest BCUT2D eigenvalue weighted by Gasteiger charge is 1.99. The molecule has 0 aliphatic heterocycles. The second kappa shape index (κ2) is 7.43. The molecule has 0 fully saturated rings. The standard InChI is InChI=1S/C15H25N/c1-4-5-6-7-8-15-10-9-14(12-16-15)11-13(2)3/h9-10,12-13H,4-8,11H2,1-3H3. The van der Waals surface area contributed by atoms with Gasteiger partial charge in [0.2, 0.25) is 0 Å². The van der Waals surface area contributed by atoms with E-state index in [4.69, 9.17) is 0 Å². The molecule has 1 heterocycles. The Balaban J connectivity index is 2.33. The number of nitrogens with zero attached hydrogens (tertiary/aromatic N) is 1. The number of pyridine rings is 1. The molecule has 1 heteroatoms. The maximum Gasteiger partial charge on any atom is 0.0403 e. The average molecular weight is 219 g/mol. The molecule has 0 atom stereocenters. The quantitative estimate of drug-likeness (QED) is 0.619. The van der Waals surface area contributed by atoms with Crippen molar-refractivity contribution in [1.82, 2.24) is 4.98 Å². The van der Waals surface area contributed by atoms with Gasteiger partial charge in [0.25, 0.3) is 0 Å². The van der Waals surface area contributed by atoms with E-state index in [2.05, 4.69) is 44.1 Å². The van der Waals surface area contributed by atoms with E-state index in [1.807, 2.05) is 0 Å². The van der Waals surface area contributed by atoms with Crippen LogP contribution in [0.1, 0.15) is 57.7 Å². The van der Waals surface area contributed by atoms with E-state index in [0.717, 1.165) is 18.8 Å². The maximum atomic E-state index is 4.53. The van der Waals surface area contributed by atoms with Crippen molar-refractivity contribution < 1.29 is 0 Å². The van der Waals surface area contributed by atoms with Crippen LogP contribution in [0.15, 0.2) is 18.3 Å². The second-order valence-electron chi connectivity index (χ2n) is 5.07. The molecule has 0 radical (unpaired) electrons. The Morgan fingerprint density at radius 2 is 1.94 bits per heavy atom. The largest absolute Gasteiger partial charge is 0.261 e.